The molecule has 1 heterocycles. The van der Waals surface area contributed by atoms with E-state index in [2.05, 4.69) is 66.1 Å². The molecule has 0 radical (unpaired) electrons. The maximum Gasteiger partial charge on any atom is 0.333 e. The summed E-state index contributed by atoms with van der Waals surface area (Å²) in [5, 5.41) is 12.0. The number of nitrogens with zero attached hydrogens (tertiary/aromatic N) is 1. The Kier molecular flexibility index (Phi) is 7.88. The fourth-order valence-electron chi connectivity index (χ4n) is 4.78. The number of carboxylic acids is 1. The summed E-state index contributed by atoms with van der Waals surface area (Å²) in [6.45, 7) is 7.54. The van der Waals surface area contributed by atoms with Crippen molar-refractivity contribution in [2.24, 2.45) is 0 Å². The van der Waals surface area contributed by atoms with Gasteiger partial charge in [0.15, 0.2) is 6.10 Å². The summed E-state index contributed by atoms with van der Waals surface area (Å²) in [7, 11) is 0. The van der Waals surface area contributed by atoms with Gasteiger partial charge in [0.05, 0.1) is 6.54 Å². The minimum atomic E-state index is -0.928. The molecule has 1 N–H and O–H groups in total. The van der Waals surface area contributed by atoms with Crippen LogP contribution >= 0.6 is 0 Å². The van der Waals surface area contributed by atoms with Crippen LogP contribution < -0.4 is 4.74 Å². The normalized spacial score (nSPS) is 13.0. The second-order valence-electron chi connectivity index (χ2n) is 8.68. The highest BCUT2D eigenvalue weighted by Crippen LogP contribution is 2.31. The number of benzene rings is 3. The van der Waals surface area contributed by atoms with Gasteiger partial charge >= 0.3 is 5.97 Å². The van der Waals surface area contributed by atoms with Gasteiger partial charge in [-0.2, -0.15) is 0 Å². The van der Waals surface area contributed by atoms with Crippen LogP contribution in [0.2, 0.25) is 0 Å². The third-order valence-corrected chi connectivity index (χ3v) is 6.55. The van der Waals surface area contributed by atoms with E-state index in [9.17, 15) is 9.90 Å². The monoisotopic (exact) mass is 471 g/mol. The van der Waals surface area contributed by atoms with Crippen LogP contribution in [0.15, 0.2) is 78.9 Å². The highest BCUT2D eigenvalue weighted by Gasteiger charge is 2.28. The molecule has 5 nitrogen and oxygen atoms in total. The number of ether oxygens (including phenoxy) is 2. The number of carbonyl (C=O) groups is 1. The van der Waals surface area contributed by atoms with E-state index >= 15 is 0 Å². The molecule has 2 atom stereocenters. The van der Waals surface area contributed by atoms with Gasteiger partial charge in [-0.1, -0.05) is 61.5 Å². The van der Waals surface area contributed by atoms with Gasteiger partial charge in [-0.05, 0) is 60.9 Å². The molecule has 0 aliphatic carbocycles. The van der Waals surface area contributed by atoms with Crippen LogP contribution in [0.25, 0.3) is 22.0 Å². The molecule has 2 unspecified atom stereocenters. The molecule has 0 saturated heterocycles. The number of aromatic nitrogens is 1. The lowest BCUT2D eigenvalue weighted by Crippen LogP contribution is -2.30. The van der Waals surface area contributed by atoms with Crippen molar-refractivity contribution in [2.75, 3.05) is 13.2 Å². The van der Waals surface area contributed by atoms with E-state index < -0.39 is 12.1 Å². The molecular formula is C30H33NO4. The lowest BCUT2D eigenvalue weighted by molar-refractivity contribution is -0.151. The smallest absolute Gasteiger partial charge is 0.333 e. The Morgan fingerprint density at radius 2 is 1.69 bits per heavy atom. The van der Waals surface area contributed by atoms with Crippen molar-refractivity contribution >= 4 is 16.7 Å². The number of aryl methyl sites for hydroxylation is 1. The highest BCUT2D eigenvalue weighted by atomic mass is 16.5. The summed E-state index contributed by atoms with van der Waals surface area (Å²) in [5.41, 5.74) is 4.53. The number of hydrogen-bond acceptors (Lipinski definition) is 3. The maximum atomic E-state index is 11.7. The molecule has 182 valence electrons. The SMILES string of the molecule is CCOC(C(=O)O)C(CC)c1ccc(OCCn2c(C)ccc2-c2cccc3ccccc23)cc1. The standard InChI is InChI=1S/C30H33NO4/c1-4-25(29(30(32)33)34-5-2)23-14-16-24(17-15-23)35-20-19-31-21(3)13-18-28(31)27-12-8-10-22-9-6-7-11-26(22)27/h6-18,25,29H,4-5,19-20H2,1-3H3,(H,32,33). The van der Waals surface area contributed by atoms with Crippen LogP contribution in [0, 0.1) is 6.92 Å². The summed E-state index contributed by atoms with van der Waals surface area (Å²) >= 11 is 0. The van der Waals surface area contributed by atoms with Crippen molar-refractivity contribution in [1.29, 1.82) is 0 Å². The van der Waals surface area contributed by atoms with E-state index in [1.165, 1.54) is 27.7 Å². The van der Waals surface area contributed by atoms with Crippen LogP contribution in [0.4, 0.5) is 0 Å². The minimum absolute atomic E-state index is 0.202. The van der Waals surface area contributed by atoms with Gasteiger partial charge in [-0.25, -0.2) is 4.79 Å². The lowest BCUT2D eigenvalue weighted by Gasteiger charge is -2.23. The minimum Gasteiger partial charge on any atom is -0.492 e. The number of rotatable bonds is 11. The van der Waals surface area contributed by atoms with Crippen molar-refractivity contribution in [3.05, 3.63) is 90.1 Å². The van der Waals surface area contributed by atoms with Gasteiger partial charge in [0, 0.05) is 29.5 Å². The van der Waals surface area contributed by atoms with Crippen LogP contribution in [-0.4, -0.2) is 35.0 Å². The average Bonchev–Trinajstić information content (AvgIpc) is 3.24. The second-order valence-corrected chi connectivity index (χ2v) is 8.68. The maximum absolute atomic E-state index is 11.7. The molecule has 3 aromatic carbocycles. The zero-order valence-electron chi connectivity index (χ0n) is 20.6. The quantitative estimate of drug-likeness (QED) is 0.265. The fourth-order valence-corrected chi connectivity index (χ4v) is 4.78. The molecule has 0 spiro atoms. The first kappa shape index (κ1) is 24.6. The summed E-state index contributed by atoms with van der Waals surface area (Å²) in [6.07, 6.45) is -0.165. The van der Waals surface area contributed by atoms with E-state index in [0.29, 0.717) is 19.6 Å². The molecular weight excluding hydrogens is 438 g/mol. The predicted octanol–water partition coefficient (Wildman–Crippen LogP) is 6.68. The first-order valence-corrected chi connectivity index (χ1v) is 12.2. The van der Waals surface area contributed by atoms with Crippen LogP contribution in [0.3, 0.4) is 0 Å². The van der Waals surface area contributed by atoms with E-state index in [1.807, 2.05) is 38.1 Å². The molecule has 35 heavy (non-hydrogen) atoms. The summed E-state index contributed by atoms with van der Waals surface area (Å²) in [4.78, 5) is 11.7. The molecule has 0 bridgehead atoms. The van der Waals surface area contributed by atoms with Crippen molar-refractivity contribution in [1.82, 2.24) is 4.57 Å². The van der Waals surface area contributed by atoms with Crippen molar-refractivity contribution in [2.45, 2.75) is 45.8 Å². The molecule has 0 fully saturated rings. The highest BCUT2D eigenvalue weighted by molar-refractivity contribution is 5.96. The van der Waals surface area contributed by atoms with Gasteiger partial charge in [-0.15, -0.1) is 0 Å². The average molecular weight is 472 g/mol. The number of hydrogen-bond donors (Lipinski definition) is 1. The van der Waals surface area contributed by atoms with Crippen LogP contribution in [-0.2, 0) is 16.1 Å². The summed E-state index contributed by atoms with van der Waals surface area (Å²) < 4.78 is 13.9. The van der Waals surface area contributed by atoms with Gasteiger partial charge in [0.1, 0.15) is 12.4 Å². The van der Waals surface area contributed by atoms with Crippen molar-refractivity contribution < 1.29 is 19.4 Å². The van der Waals surface area contributed by atoms with Crippen molar-refractivity contribution in [3.63, 3.8) is 0 Å². The molecule has 0 aliphatic rings. The second kappa shape index (κ2) is 11.2. The third kappa shape index (κ3) is 5.41. The molecule has 1 aromatic heterocycles. The largest absolute Gasteiger partial charge is 0.492 e. The zero-order valence-corrected chi connectivity index (χ0v) is 20.6. The molecule has 4 rings (SSSR count). The van der Waals surface area contributed by atoms with E-state index in [4.69, 9.17) is 9.47 Å². The Labute approximate surface area is 206 Å². The van der Waals surface area contributed by atoms with E-state index in [-0.39, 0.29) is 5.92 Å². The first-order chi connectivity index (χ1) is 17.0. The van der Waals surface area contributed by atoms with Gasteiger partial charge in [-0.3, -0.25) is 0 Å². The Morgan fingerprint density at radius 1 is 0.943 bits per heavy atom. The van der Waals surface area contributed by atoms with Crippen LogP contribution in [0.1, 0.15) is 37.4 Å². The Bertz CT molecular complexity index is 1270. The Morgan fingerprint density at radius 3 is 2.40 bits per heavy atom. The molecule has 5 heteroatoms. The number of aliphatic carboxylic acids is 1. The Balaban J connectivity index is 1.46. The third-order valence-electron chi connectivity index (χ3n) is 6.55. The topological polar surface area (TPSA) is 60.7 Å². The predicted molar refractivity (Wildman–Crippen MR) is 140 cm³/mol. The van der Waals surface area contributed by atoms with Crippen molar-refractivity contribution in [3.8, 4) is 17.0 Å². The van der Waals surface area contributed by atoms with Crippen LogP contribution in [0.5, 0.6) is 5.75 Å². The van der Waals surface area contributed by atoms with E-state index in [0.717, 1.165) is 17.9 Å². The van der Waals surface area contributed by atoms with E-state index in [1.54, 1.807) is 0 Å². The molecule has 0 aliphatic heterocycles. The molecule has 0 saturated carbocycles. The Hall–Kier alpha value is -3.57. The lowest BCUT2D eigenvalue weighted by atomic mass is 9.91. The zero-order chi connectivity index (χ0) is 24.8. The summed E-state index contributed by atoms with van der Waals surface area (Å²) in [6, 6.07) is 26.9. The summed E-state index contributed by atoms with van der Waals surface area (Å²) in [5.74, 6) is -0.362. The fraction of sp³-hybridized carbons (Fsp3) is 0.300. The van der Waals surface area contributed by atoms with Gasteiger partial charge in [0.2, 0.25) is 0 Å². The first-order valence-electron chi connectivity index (χ1n) is 12.2. The van der Waals surface area contributed by atoms with Gasteiger partial charge < -0.3 is 19.1 Å². The van der Waals surface area contributed by atoms with Gasteiger partial charge in [0.25, 0.3) is 0 Å². The molecule has 0 amide bonds. The number of fused-ring (bicyclic) bond motifs is 1. The number of carboxylic acid groups (broad SMARTS) is 1. The molecule has 4 aromatic rings.